The fourth-order valence-corrected chi connectivity index (χ4v) is 2.19. The van der Waals surface area contributed by atoms with Crippen LogP contribution in [0.5, 0.6) is 0 Å². The number of hydrogen-bond acceptors (Lipinski definition) is 3. The van der Waals surface area contributed by atoms with Gasteiger partial charge in [-0.2, -0.15) is 0 Å². The van der Waals surface area contributed by atoms with Crippen LogP contribution in [0.25, 0.3) is 11.1 Å². The number of fused-ring (bicyclic) bond motifs is 1. The lowest BCUT2D eigenvalue weighted by atomic mass is 10.3. The summed E-state index contributed by atoms with van der Waals surface area (Å²) in [5.74, 6) is -0.00420. The Hall–Kier alpha value is -1.78. The van der Waals surface area contributed by atoms with E-state index in [0.717, 1.165) is 5.69 Å². The average molecular weight is 311 g/mol. The van der Waals surface area contributed by atoms with Gasteiger partial charge < -0.3 is 9.73 Å². The molecule has 0 aliphatic carbocycles. The summed E-state index contributed by atoms with van der Waals surface area (Å²) in [6.45, 7) is 0.369. The first-order chi connectivity index (χ1) is 9.61. The van der Waals surface area contributed by atoms with Crippen molar-refractivity contribution in [1.82, 2.24) is 4.98 Å². The number of benzene rings is 2. The zero-order chi connectivity index (χ0) is 14.1. The summed E-state index contributed by atoms with van der Waals surface area (Å²) in [4.78, 5) is 4.19. The quantitative estimate of drug-likeness (QED) is 0.748. The molecule has 0 radical (unpaired) electrons. The van der Waals surface area contributed by atoms with E-state index in [1.807, 2.05) is 12.1 Å². The second-order valence-electron chi connectivity index (χ2n) is 4.20. The molecule has 0 aliphatic heterocycles. The van der Waals surface area contributed by atoms with Crippen LogP contribution >= 0.6 is 23.2 Å². The highest BCUT2D eigenvalue weighted by atomic mass is 35.5. The van der Waals surface area contributed by atoms with Crippen molar-refractivity contribution in [1.29, 1.82) is 0 Å². The van der Waals surface area contributed by atoms with E-state index in [2.05, 4.69) is 10.3 Å². The molecule has 1 aromatic heterocycles. The zero-order valence-electron chi connectivity index (χ0n) is 10.2. The van der Waals surface area contributed by atoms with Gasteiger partial charge in [-0.25, -0.2) is 9.37 Å². The van der Waals surface area contributed by atoms with Crippen LogP contribution < -0.4 is 5.32 Å². The van der Waals surface area contributed by atoms with Crippen LogP contribution in [-0.2, 0) is 6.54 Å². The van der Waals surface area contributed by atoms with Crippen LogP contribution in [0.2, 0.25) is 10.0 Å². The van der Waals surface area contributed by atoms with Gasteiger partial charge in [0, 0.05) is 16.8 Å². The predicted molar refractivity (Wildman–Crippen MR) is 77.8 cm³/mol. The molecule has 1 heterocycles. The molecule has 3 aromatic rings. The van der Waals surface area contributed by atoms with Crippen molar-refractivity contribution >= 4 is 40.0 Å². The number of nitrogens with zero attached hydrogens (tertiary/aromatic N) is 1. The number of rotatable bonds is 3. The summed E-state index contributed by atoms with van der Waals surface area (Å²) in [5.41, 5.74) is 1.68. The Morgan fingerprint density at radius 1 is 1.15 bits per heavy atom. The predicted octanol–water partition coefficient (Wildman–Crippen LogP) is 4.89. The molecule has 0 aliphatic rings. The number of oxazole rings is 1. The van der Waals surface area contributed by atoms with Crippen molar-refractivity contribution in [3.05, 3.63) is 58.2 Å². The largest absolute Gasteiger partial charge is 0.437 e. The third-order valence-corrected chi connectivity index (χ3v) is 3.27. The van der Waals surface area contributed by atoms with Crippen LogP contribution in [0.15, 0.2) is 40.8 Å². The van der Waals surface area contributed by atoms with Crippen LogP contribution in [-0.4, -0.2) is 4.98 Å². The molecule has 2 aromatic carbocycles. The van der Waals surface area contributed by atoms with Crippen LogP contribution in [0, 0.1) is 5.82 Å². The van der Waals surface area contributed by atoms with E-state index in [9.17, 15) is 4.39 Å². The minimum Gasteiger partial charge on any atom is -0.437 e. The molecule has 0 atom stereocenters. The summed E-state index contributed by atoms with van der Waals surface area (Å²) in [6.07, 6.45) is 0. The van der Waals surface area contributed by atoms with E-state index >= 15 is 0 Å². The molecule has 20 heavy (non-hydrogen) atoms. The van der Waals surface area contributed by atoms with Crippen LogP contribution in [0.3, 0.4) is 0 Å². The Bertz CT molecular complexity index is 756. The minimum absolute atomic E-state index is 0.213. The smallest absolute Gasteiger partial charge is 0.214 e. The normalized spacial score (nSPS) is 10.9. The molecule has 1 N–H and O–H groups in total. The van der Waals surface area contributed by atoms with Gasteiger partial charge in [-0.05, 0) is 30.3 Å². The van der Waals surface area contributed by atoms with Crippen molar-refractivity contribution < 1.29 is 8.81 Å². The second-order valence-corrected chi connectivity index (χ2v) is 5.05. The molecule has 0 amide bonds. The number of nitrogens with one attached hydrogen (secondary N) is 1. The van der Waals surface area contributed by atoms with E-state index in [0.29, 0.717) is 28.6 Å². The van der Waals surface area contributed by atoms with Gasteiger partial charge in [0.2, 0.25) is 5.89 Å². The third-order valence-electron chi connectivity index (χ3n) is 2.74. The maximum Gasteiger partial charge on any atom is 0.214 e. The van der Waals surface area contributed by atoms with Crippen molar-refractivity contribution in [3.8, 4) is 0 Å². The molecule has 102 valence electrons. The van der Waals surface area contributed by atoms with Crippen LogP contribution in [0.4, 0.5) is 10.1 Å². The molecular weight excluding hydrogens is 302 g/mol. The first-order valence-corrected chi connectivity index (χ1v) is 6.61. The molecule has 3 rings (SSSR count). The highest BCUT2D eigenvalue weighted by Crippen LogP contribution is 2.26. The molecule has 6 heteroatoms. The SMILES string of the molecule is Fc1cc(Cl)c2oc(CNc3ccc(Cl)cc3)nc2c1. The van der Waals surface area contributed by atoms with Gasteiger partial charge in [0.25, 0.3) is 0 Å². The maximum absolute atomic E-state index is 13.2. The van der Waals surface area contributed by atoms with Gasteiger partial charge in [-0.15, -0.1) is 0 Å². The first kappa shape index (κ1) is 13.2. The van der Waals surface area contributed by atoms with E-state index < -0.39 is 5.82 Å². The third kappa shape index (κ3) is 2.71. The van der Waals surface area contributed by atoms with E-state index in [-0.39, 0.29) is 5.02 Å². The average Bonchev–Trinajstić information content (AvgIpc) is 2.81. The van der Waals surface area contributed by atoms with E-state index in [4.69, 9.17) is 27.6 Å². The Morgan fingerprint density at radius 2 is 1.90 bits per heavy atom. The molecule has 0 fully saturated rings. The van der Waals surface area contributed by atoms with Crippen molar-refractivity contribution in [2.45, 2.75) is 6.54 Å². The topological polar surface area (TPSA) is 38.1 Å². The summed E-state index contributed by atoms with van der Waals surface area (Å²) in [6, 6.07) is 9.74. The second kappa shape index (κ2) is 5.31. The molecular formula is C14H9Cl2FN2O. The Labute approximate surface area is 124 Å². The number of hydrogen-bond donors (Lipinski definition) is 1. The molecule has 0 saturated heterocycles. The summed E-state index contributed by atoms with van der Waals surface area (Å²) in [5, 5.41) is 4.01. The number of halogens is 3. The molecule has 0 unspecified atom stereocenters. The van der Waals surface area contributed by atoms with Crippen molar-refractivity contribution in [3.63, 3.8) is 0 Å². The number of aromatic nitrogens is 1. The Morgan fingerprint density at radius 3 is 2.65 bits per heavy atom. The van der Waals surface area contributed by atoms with Crippen molar-refractivity contribution in [2.75, 3.05) is 5.32 Å². The number of anilines is 1. The minimum atomic E-state index is -0.437. The standard InChI is InChI=1S/C14H9Cl2FN2O/c15-8-1-3-10(4-2-8)18-7-13-19-12-6-9(17)5-11(16)14(12)20-13/h1-6,18H,7H2. The lowest BCUT2D eigenvalue weighted by Gasteiger charge is -2.02. The highest BCUT2D eigenvalue weighted by Gasteiger charge is 2.10. The molecule has 0 spiro atoms. The van der Waals surface area contributed by atoms with Gasteiger partial charge in [0.1, 0.15) is 11.3 Å². The van der Waals surface area contributed by atoms with Gasteiger partial charge in [-0.3, -0.25) is 0 Å². The van der Waals surface area contributed by atoms with Gasteiger partial charge in [0.15, 0.2) is 5.58 Å². The summed E-state index contributed by atoms with van der Waals surface area (Å²) in [7, 11) is 0. The zero-order valence-corrected chi connectivity index (χ0v) is 11.7. The van der Waals surface area contributed by atoms with Crippen LogP contribution in [0.1, 0.15) is 5.89 Å². The fourth-order valence-electron chi connectivity index (χ4n) is 1.83. The first-order valence-electron chi connectivity index (χ1n) is 5.86. The van der Waals surface area contributed by atoms with Gasteiger partial charge >= 0.3 is 0 Å². The van der Waals surface area contributed by atoms with Crippen molar-refractivity contribution in [2.24, 2.45) is 0 Å². The monoisotopic (exact) mass is 310 g/mol. The summed E-state index contributed by atoms with van der Waals surface area (Å²) < 4.78 is 18.7. The molecule has 3 nitrogen and oxygen atoms in total. The van der Waals surface area contributed by atoms with E-state index in [1.54, 1.807) is 12.1 Å². The lowest BCUT2D eigenvalue weighted by molar-refractivity contribution is 0.540. The maximum atomic E-state index is 13.2. The van der Waals surface area contributed by atoms with Gasteiger partial charge in [0.05, 0.1) is 11.6 Å². The summed E-state index contributed by atoms with van der Waals surface area (Å²) >= 11 is 11.7. The molecule has 0 saturated carbocycles. The Kier molecular flexibility index (Phi) is 3.51. The van der Waals surface area contributed by atoms with Gasteiger partial charge in [-0.1, -0.05) is 23.2 Å². The Balaban J connectivity index is 1.81. The van der Waals surface area contributed by atoms with E-state index in [1.165, 1.54) is 12.1 Å². The molecule has 0 bridgehead atoms. The lowest BCUT2D eigenvalue weighted by Crippen LogP contribution is -1.98. The highest BCUT2D eigenvalue weighted by molar-refractivity contribution is 6.34. The fraction of sp³-hybridized carbons (Fsp3) is 0.0714.